The average molecular weight is 351 g/mol. The van der Waals surface area contributed by atoms with Crippen LogP contribution in [-0.2, 0) is 9.59 Å². The van der Waals surface area contributed by atoms with E-state index >= 15 is 0 Å². The Morgan fingerprint density at radius 2 is 2.04 bits per heavy atom. The summed E-state index contributed by atoms with van der Waals surface area (Å²) in [4.78, 5) is 25.0. The summed E-state index contributed by atoms with van der Waals surface area (Å²) < 4.78 is 13.8. The highest BCUT2D eigenvalue weighted by Gasteiger charge is 2.29. The molecular weight excluding hydrogens is 339 g/mol. The second-order valence-corrected chi connectivity index (χ2v) is 6.60. The summed E-state index contributed by atoms with van der Waals surface area (Å²) in [6.45, 7) is 0. The number of nitrogens with one attached hydrogen (secondary N) is 2. The van der Waals surface area contributed by atoms with Crippen LogP contribution in [0, 0.1) is 5.82 Å². The first-order valence-electron chi connectivity index (χ1n) is 6.85. The van der Waals surface area contributed by atoms with Crippen LogP contribution in [0.3, 0.4) is 0 Å². The van der Waals surface area contributed by atoms with Gasteiger partial charge in [0.05, 0.1) is 21.6 Å². The van der Waals surface area contributed by atoms with Gasteiger partial charge in [0, 0.05) is 11.3 Å². The van der Waals surface area contributed by atoms with E-state index in [1.54, 1.807) is 12.1 Å². The van der Waals surface area contributed by atoms with Crippen molar-refractivity contribution >= 4 is 46.6 Å². The van der Waals surface area contributed by atoms with E-state index in [2.05, 4.69) is 10.6 Å². The third-order valence-electron chi connectivity index (χ3n) is 3.30. The van der Waals surface area contributed by atoms with Crippen LogP contribution in [-0.4, -0.2) is 17.1 Å². The summed E-state index contributed by atoms with van der Waals surface area (Å²) in [6.07, 6.45) is -0.0587. The molecule has 3 rings (SSSR count). The molecule has 0 aromatic heterocycles. The number of thioether (sulfide) groups is 1. The van der Waals surface area contributed by atoms with Crippen molar-refractivity contribution in [3.63, 3.8) is 0 Å². The fraction of sp³-hybridized carbons (Fsp3) is 0.125. The minimum Gasteiger partial charge on any atom is -0.324 e. The molecule has 0 bridgehead atoms. The number of para-hydroxylation sites is 1. The summed E-state index contributed by atoms with van der Waals surface area (Å²) in [5.74, 6) is -1.37. The number of carbonyl (C=O) groups is 2. The van der Waals surface area contributed by atoms with E-state index in [-0.39, 0.29) is 23.0 Å². The van der Waals surface area contributed by atoms with Gasteiger partial charge in [-0.3, -0.25) is 9.59 Å². The molecule has 2 aromatic carbocycles. The number of rotatable bonds is 3. The van der Waals surface area contributed by atoms with Crippen LogP contribution in [0.4, 0.5) is 15.8 Å². The van der Waals surface area contributed by atoms with Crippen molar-refractivity contribution in [2.45, 2.75) is 16.6 Å². The van der Waals surface area contributed by atoms with Crippen LogP contribution >= 0.6 is 23.4 Å². The van der Waals surface area contributed by atoms with E-state index in [0.717, 1.165) is 10.6 Å². The molecule has 1 aliphatic heterocycles. The Labute approximate surface area is 141 Å². The van der Waals surface area contributed by atoms with Crippen LogP contribution in [0.2, 0.25) is 5.02 Å². The van der Waals surface area contributed by atoms with Crippen LogP contribution < -0.4 is 10.6 Å². The Balaban J connectivity index is 1.69. The maximum atomic E-state index is 13.8. The summed E-state index contributed by atoms with van der Waals surface area (Å²) in [6, 6.07) is 11.7. The molecule has 0 fully saturated rings. The molecule has 2 aromatic rings. The van der Waals surface area contributed by atoms with Crippen LogP contribution in [0.5, 0.6) is 0 Å². The summed E-state index contributed by atoms with van der Waals surface area (Å²) in [7, 11) is 0. The Morgan fingerprint density at radius 3 is 2.87 bits per heavy atom. The van der Waals surface area contributed by atoms with Gasteiger partial charge in [0.15, 0.2) is 5.82 Å². The van der Waals surface area contributed by atoms with Crippen molar-refractivity contribution in [3.8, 4) is 0 Å². The van der Waals surface area contributed by atoms with Gasteiger partial charge in [-0.25, -0.2) is 4.39 Å². The molecule has 2 amide bonds. The Kier molecular flexibility index (Phi) is 4.54. The number of amides is 2. The number of anilines is 2. The normalized spacial score (nSPS) is 16.4. The van der Waals surface area contributed by atoms with Gasteiger partial charge in [-0.2, -0.15) is 0 Å². The molecule has 1 atom stereocenters. The molecule has 1 heterocycles. The fourth-order valence-electron chi connectivity index (χ4n) is 2.20. The number of halogens is 2. The monoisotopic (exact) mass is 350 g/mol. The SMILES string of the molecule is O=C(C[C@@H]1Sc2ccccc2NC1=O)Nc1cccc(Cl)c1F. The first-order valence-corrected chi connectivity index (χ1v) is 8.11. The van der Waals surface area contributed by atoms with E-state index in [0.29, 0.717) is 0 Å². The zero-order chi connectivity index (χ0) is 16.4. The number of benzene rings is 2. The van der Waals surface area contributed by atoms with Gasteiger partial charge in [-0.05, 0) is 24.3 Å². The third kappa shape index (κ3) is 3.48. The molecule has 0 spiro atoms. The number of hydrogen-bond acceptors (Lipinski definition) is 3. The van der Waals surface area contributed by atoms with Crippen LogP contribution in [0.15, 0.2) is 47.4 Å². The minimum atomic E-state index is -0.686. The molecular formula is C16H12ClFN2O2S. The fourth-order valence-corrected chi connectivity index (χ4v) is 3.48. The number of carbonyl (C=O) groups excluding carboxylic acids is 2. The predicted molar refractivity (Wildman–Crippen MR) is 89.4 cm³/mol. The largest absolute Gasteiger partial charge is 0.324 e. The predicted octanol–water partition coefficient (Wildman–Crippen LogP) is 3.92. The van der Waals surface area contributed by atoms with Crippen molar-refractivity contribution < 1.29 is 14.0 Å². The molecule has 2 N–H and O–H groups in total. The highest BCUT2D eigenvalue weighted by molar-refractivity contribution is 8.01. The molecule has 0 radical (unpaired) electrons. The Hall–Kier alpha value is -2.05. The summed E-state index contributed by atoms with van der Waals surface area (Å²) >= 11 is 6.99. The molecule has 0 saturated heterocycles. The van der Waals surface area contributed by atoms with Gasteiger partial charge in [0.25, 0.3) is 0 Å². The van der Waals surface area contributed by atoms with Gasteiger partial charge < -0.3 is 10.6 Å². The van der Waals surface area contributed by atoms with E-state index in [4.69, 9.17) is 11.6 Å². The number of hydrogen-bond donors (Lipinski definition) is 2. The lowest BCUT2D eigenvalue weighted by Crippen LogP contribution is -2.32. The van der Waals surface area contributed by atoms with Crippen molar-refractivity contribution in [1.29, 1.82) is 0 Å². The lowest BCUT2D eigenvalue weighted by molar-refractivity contribution is -0.120. The van der Waals surface area contributed by atoms with Gasteiger partial charge in [0.1, 0.15) is 0 Å². The maximum Gasteiger partial charge on any atom is 0.238 e. The van der Waals surface area contributed by atoms with Gasteiger partial charge >= 0.3 is 0 Å². The average Bonchev–Trinajstić information content (AvgIpc) is 2.52. The smallest absolute Gasteiger partial charge is 0.238 e. The van der Waals surface area contributed by atoms with Crippen LogP contribution in [0.1, 0.15) is 6.42 Å². The second kappa shape index (κ2) is 6.60. The maximum absolute atomic E-state index is 13.8. The topological polar surface area (TPSA) is 58.2 Å². The lowest BCUT2D eigenvalue weighted by Gasteiger charge is -2.23. The van der Waals surface area contributed by atoms with E-state index in [9.17, 15) is 14.0 Å². The van der Waals surface area contributed by atoms with Crippen molar-refractivity contribution in [3.05, 3.63) is 53.3 Å². The first kappa shape index (κ1) is 15.8. The van der Waals surface area contributed by atoms with E-state index in [1.165, 1.54) is 23.9 Å². The second-order valence-electron chi connectivity index (χ2n) is 4.95. The molecule has 118 valence electrons. The molecule has 4 nitrogen and oxygen atoms in total. The summed E-state index contributed by atoms with van der Waals surface area (Å²) in [5.41, 5.74) is 0.740. The Bertz CT molecular complexity index is 784. The van der Waals surface area contributed by atoms with Crippen molar-refractivity contribution in [2.75, 3.05) is 10.6 Å². The number of fused-ring (bicyclic) bond motifs is 1. The molecule has 0 saturated carbocycles. The van der Waals surface area contributed by atoms with Gasteiger partial charge in [-0.1, -0.05) is 29.8 Å². The zero-order valence-corrected chi connectivity index (χ0v) is 13.4. The standard InChI is InChI=1S/C16H12ClFN2O2S/c17-9-4-3-6-11(15(9)18)19-14(21)8-13-16(22)20-10-5-1-2-7-12(10)23-13/h1-7,13H,8H2,(H,19,21)(H,20,22)/t13-/m0/s1. The van der Waals surface area contributed by atoms with E-state index in [1.807, 2.05) is 18.2 Å². The van der Waals surface area contributed by atoms with Gasteiger partial charge in [-0.15, -0.1) is 11.8 Å². The van der Waals surface area contributed by atoms with E-state index < -0.39 is 17.0 Å². The highest BCUT2D eigenvalue weighted by Crippen LogP contribution is 2.36. The lowest BCUT2D eigenvalue weighted by atomic mass is 10.2. The van der Waals surface area contributed by atoms with Crippen molar-refractivity contribution in [1.82, 2.24) is 0 Å². The van der Waals surface area contributed by atoms with Crippen LogP contribution in [0.25, 0.3) is 0 Å². The molecule has 0 unspecified atom stereocenters. The minimum absolute atomic E-state index is 0.00381. The Morgan fingerprint density at radius 1 is 1.26 bits per heavy atom. The quantitative estimate of drug-likeness (QED) is 0.882. The molecule has 1 aliphatic rings. The van der Waals surface area contributed by atoms with Crippen molar-refractivity contribution in [2.24, 2.45) is 0 Å². The molecule has 23 heavy (non-hydrogen) atoms. The first-order chi connectivity index (χ1) is 11.0. The zero-order valence-electron chi connectivity index (χ0n) is 11.8. The highest BCUT2D eigenvalue weighted by atomic mass is 35.5. The third-order valence-corrected chi connectivity index (χ3v) is 4.87. The molecule has 7 heteroatoms. The molecule has 0 aliphatic carbocycles. The summed E-state index contributed by atoms with van der Waals surface area (Å²) in [5, 5.41) is 4.58. The van der Waals surface area contributed by atoms with Gasteiger partial charge in [0.2, 0.25) is 11.8 Å².